The Bertz CT molecular complexity index is 452. The topological polar surface area (TPSA) is 59.0 Å². The van der Waals surface area contributed by atoms with Crippen molar-refractivity contribution in [2.45, 2.75) is 31.5 Å². The maximum atomic E-state index is 12.0. The van der Waals surface area contributed by atoms with Crippen molar-refractivity contribution in [1.82, 2.24) is 20.4 Å². The van der Waals surface area contributed by atoms with Crippen LogP contribution in [0.25, 0.3) is 0 Å². The maximum absolute atomic E-state index is 12.0. The second-order valence-electron chi connectivity index (χ2n) is 4.87. The van der Waals surface area contributed by atoms with E-state index >= 15 is 0 Å². The van der Waals surface area contributed by atoms with Gasteiger partial charge in [-0.1, -0.05) is 0 Å². The van der Waals surface area contributed by atoms with E-state index in [4.69, 9.17) is 0 Å². The summed E-state index contributed by atoms with van der Waals surface area (Å²) in [5.41, 5.74) is 0.876. The summed E-state index contributed by atoms with van der Waals surface area (Å²) in [7, 11) is 0. The molecule has 2 heterocycles. The van der Waals surface area contributed by atoms with E-state index in [2.05, 4.69) is 10.4 Å². The highest BCUT2D eigenvalue weighted by Crippen LogP contribution is 2.21. The van der Waals surface area contributed by atoms with Crippen LogP contribution in [0.3, 0.4) is 0 Å². The number of nitrogens with zero attached hydrogens (tertiary/aromatic N) is 2. The Morgan fingerprint density at radius 1 is 1.55 bits per heavy atom. The molecule has 1 fully saturated rings. The first-order valence-electron chi connectivity index (χ1n) is 6.51. The van der Waals surface area contributed by atoms with Crippen LogP contribution >= 0.6 is 0 Å². The van der Waals surface area contributed by atoms with Crippen LogP contribution in [0.5, 0.6) is 0 Å². The number of carbonyl (C=O) groups excluding carboxylic acids is 1. The first-order chi connectivity index (χ1) is 9.44. The molecule has 0 saturated carbocycles. The summed E-state index contributed by atoms with van der Waals surface area (Å²) in [6.45, 7) is 0.330. The van der Waals surface area contributed by atoms with Crippen molar-refractivity contribution in [3.63, 3.8) is 0 Å². The van der Waals surface area contributed by atoms with E-state index in [-0.39, 0.29) is 6.54 Å². The number of carbonyl (C=O) groups is 1. The van der Waals surface area contributed by atoms with Crippen molar-refractivity contribution >= 4 is 5.91 Å². The lowest BCUT2D eigenvalue weighted by Gasteiger charge is -2.20. The minimum atomic E-state index is -4.39. The number of halogens is 3. The third-order valence-corrected chi connectivity index (χ3v) is 3.17. The molecule has 1 aromatic rings. The van der Waals surface area contributed by atoms with Gasteiger partial charge in [-0.2, -0.15) is 18.3 Å². The van der Waals surface area contributed by atoms with Gasteiger partial charge >= 0.3 is 6.18 Å². The fourth-order valence-corrected chi connectivity index (χ4v) is 2.19. The van der Waals surface area contributed by atoms with Crippen molar-refractivity contribution in [2.75, 3.05) is 19.6 Å². The van der Waals surface area contributed by atoms with Gasteiger partial charge in [0.15, 0.2) is 0 Å². The molecular weight excluding hydrogens is 273 g/mol. The number of aromatic nitrogens is 2. The normalized spacial score (nSPS) is 19.9. The van der Waals surface area contributed by atoms with E-state index in [0.29, 0.717) is 5.92 Å². The molecule has 0 aromatic carbocycles. The fraction of sp³-hybridized carbons (Fsp3) is 0.667. The van der Waals surface area contributed by atoms with E-state index in [1.165, 1.54) is 4.68 Å². The first kappa shape index (κ1) is 14.8. The van der Waals surface area contributed by atoms with Gasteiger partial charge in [-0.3, -0.25) is 9.48 Å². The molecule has 8 heteroatoms. The predicted molar refractivity (Wildman–Crippen MR) is 66.1 cm³/mol. The Morgan fingerprint density at radius 3 is 3.00 bits per heavy atom. The quantitative estimate of drug-likeness (QED) is 0.870. The standard InChI is InChI=1S/C12H17F3N4O/c13-12(14,15)8-17-11(20)7-19-5-3-10(18-19)9-2-1-4-16-6-9/h3,5,9,16H,1-2,4,6-8H2,(H,17,20)/t9-/m1/s1. The summed E-state index contributed by atoms with van der Waals surface area (Å²) < 4.78 is 37.2. The average molecular weight is 290 g/mol. The zero-order valence-corrected chi connectivity index (χ0v) is 10.9. The van der Waals surface area contributed by atoms with Crippen LogP contribution in [0.2, 0.25) is 0 Å². The van der Waals surface area contributed by atoms with Gasteiger partial charge in [-0.05, 0) is 25.5 Å². The van der Waals surface area contributed by atoms with Crippen LogP contribution in [-0.2, 0) is 11.3 Å². The third-order valence-electron chi connectivity index (χ3n) is 3.17. The zero-order chi connectivity index (χ0) is 14.6. The van der Waals surface area contributed by atoms with Gasteiger partial charge in [0.2, 0.25) is 5.91 Å². The number of piperidine rings is 1. The van der Waals surface area contributed by atoms with Gasteiger partial charge in [-0.15, -0.1) is 0 Å². The molecule has 0 unspecified atom stereocenters. The molecule has 1 aliphatic rings. The Labute approximate surface area is 114 Å². The maximum Gasteiger partial charge on any atom is 0.405 e. The van der Waals surface area contributed by atoms with E-state index in [9.17, 15) is 18.0 Å². The van der Waals surface area contributed by atoms with Crippen molar-refractivity contribution < 1.29 is 18.0 Å². The van der Waals surface area contributed by atoms with Gasteiger partial charge in [0, 0.05) is 18.7 Å². The Morgan fingerprint density at radius 2 is 2.35 bits per heavy atom. The molecule has 1 amide bonds. The monoisotopic (exact) mass is 290 g/mol. The molecule has 5 nitrogen and oxygen atoms in total. The average Bonchev–Trinajstić information content (AvgIpc) is 2.85. The van der Waals surface area contributed by atoms with Crippen molar-refractivity contribution in [3.05, 3.63) is 18.0 Å². The number of amides is 1. The van der Waals surface area contributed by atoms with E-state index in [0.717, 1.165) is 31.6 Å². The van der Waals surface area contributed by atoms with Crippen LogP contribution in [0.15, 0.2) is 12.3 Å². The summed E-state index contributed by atoms with van der Waals surface area (Å²) >= 11 is 0. The molecule has 2 N–H and O–H groups in total. The Balaban J connectivity index is 1.84. The fourth-order valence-electron chi connectivity index (χ4n) is 2.19. The minimum absolute atomic E-state index is 0.198. The summed E-state index contributed by atoms with van der Waals surface area (Å²) in [6.07, 6.45) is -0.663. The molecule has 1 aromatic heterocycles. The highest BCUT2D eigenvalue weighted by molar-refractivity contribution is 5.75. The smallest absolute Gasteiger partial charge is 0.345 e. The van der Waals surface area contributed by atoms with Crippen LogP contribution < -0.4 is 10.6 Å². The summed E-state index contributed by atoms with van der Waals surface area (Å²) in [4.78, 5) is 11.4. The van der Waals surface area contributed by atoms with Gasteiger partial charge < -0.3 is 10.6 Å². The zero-order valence-electron chi connectivity index (χ0n) is 10.9. The van der Waals surface area contributed by atoms with E-state index in [1.54, 1.807) is 6.20 Å². The lowest BCUT2D eigenvalue weighted by molar-refractivity contribution is -0.138. The summed E-state index contributed by atoms with van der Waals surface area (Å²) in [5.74, 6) is -0.387. The number of hydrogen-bond acceptors (Lipinski definition) is 3. The van der Waals surface area contributed by atoms with Gasteiger partial charge in [0.05, 0.1) is 5.69 Å². The third kappa shape index (κ3) is 4.52. The van der Waals surface area contributed by atoms with Crippen molar-refractivity contribution in [2.24, 2.45) is 0 Å². The summed E-state index contributed by atoms with van der Waals surface area (Å²) in [5, 5.41) is 9.34. The van der Waals surface area contributed by atoms with Crippen molar-refractivity contribution in [1.29, 1.82) is 0 Å². The van der Waals surface area contributed by atoms with Gasteiger partial charge in [-0.25, -0.2) is 0 Å². The minimum Gasteiger partial charge on any atom is -0.345 e. The molecule has 0 bridgehead atoms. The largest absolute Gasteiger partial charge is 0.405 e. The Kier molecular flexibility index (Phi) is 4.64. The second kappa shape index (κ2) is 6.25. The molecule has 0 spiro atoms. The highest BCUT2D eigenvalue weighted by atomic mass is 19.4. The molecule has 0 aliphatic carbocycles. The Hall–Kier alpha value is -1.57. The van der Waals surface area contributed by atoms with Crippen LogP contribution in [0.1, 0.15) is 24.5 Å². The molecule has 112 valence electrons. The molecule has 0 radical (unpaired) electrons. The van der Waals surface area contributed by atoms with Gasteiger partial charge in [0.25, 0.3) is 0 Å². The van der Waals surface area contributed by atoms with Crippen LogP contribution in [-0.4, -0.2) is 41.5 Å². The number of nitrogens with one attached hydrogen (secondary N) is 2. The predicted octanol–water partition coefficient (Wildman–Crippen LogP) is 1.03. The summed E-state index contributed by atoms with van der Waals surface area (Å²) in [6, 6.07) is 1.81. The molecule has 20 heavy (non-hydrogen) atoms. The number of rotatable bonds is 4. The van der Waals surface area contributed by atoms with Crippen LogP contribution in [0, 0.1) is 0 Å². The highest BCUT2D eigenvalue weighted by Gasteiger charge is 2.27. The second-order valence-corrected chi connectivity index (χ2v) is 4.87. The van der Waals surface area contributed by atoms with E-state index in [1.807, 2.05) is 11.4 Å². The molecule has 2 rings (SSSR count). The molecule has 1 atom stereocenters. The van der Waals surface area contributed by atoms with Crippen LogP contribution in [0.4, 0.5) is 13.2 Å². The first-order valence-corrected chi connectivity index (χ1v) is 6.51. The lowest BCUT2D eigenvalue weighted by atomic mass is 9.97. The number of alkyl halides is 3. The number of hydrogen-bond donors (Lipinski definition) is 2. The SMILES string of the molecule is O=C(Cn1ccc([C@@H]2CCCNC2)n1)NCC(F)(F)F. The van der Waals surface area contributed by atoms with Gasteiger partial charge in [0.1, 0.15) is 13.1 Å². The van der Waals surface area contributed by atoms with Crippen molar-refractivity contribution in [3.8, 4) is 0 Å². The molecular formula is C12H17F3N4O. The lowest BCUT2D eigenvalue weighted by Crippen LogP contribution is -2.36. The molecule has 1 aliphatic heterocycles. The van der Waals surface area contributed by atoms with E-state index < -0.39 is 18.6 Å². The molecule has 1 saturated heterocycles.